The predicted octanol–water partition coefficient (Wildman–Crippen LogP) is 11.5. The number of furan rings is 1. The zero-order chi connectivity index (χ0) is 33.0. The summed E-state index contributed by atoms with van der Waals surface area (Å²) in [6.45, 7) is 0. The molecule has 5 heteroatoms. The van der Waals surface area contributed by atoms with E-state index < -0.39 is 0 Å². The van der Waals surface area contributed by atoms with Crippen LogP contribution in [0.2, 0.25) is 0 Å². The van der Waals surface area contributed by atoms with E-state index in [1.54, 1.807) is 0 Å². The van der Waals surface area contributed by atoms with Gasteiger partial charge < -0.3 is 8.98 Å². The van der Waals surface area contributed by atoms with E-state index in [1.807, 2.05) is 72.8 Å². The van der Waals surface area contributed by atoms with Crippen LogP contribution in [0.15, 0.2) is 174 Å². The number of benzene rings is 7. The number of para-hydroxylation sites is 4. The second kappa shape index (κ2) is 11.4. The fourth-order valence-electron chi connectivity index (χ4n) is 7.17. The van der Waals surface area contributed by atoms with Crippen LogP contribution in [-0.2, 0) is 0 Å². The maximum absolute atomic E-state index is 6.77. The molecule has 0 spiro atoms. The van der Waals surface area contributed by atoms with Crippen LogP contribution in [0.25, 0.3) is 94.7 Å². The molecule has 0 saturated carbocycles. The van der Waals surface area contributed by atoms with Gasteiger partial charge in [0, 0.05) is 43.9 Å². The number of hydrogen-bond acceptors (Lipinski definition) is 4. The summed E-state index contributed by atoms with van der Waals surface area (Å²) in [6.07, 6.45) is 0. The molecule has 0 amide bonds. The van der Waals surface area contributed by atoms with Gasteiger partial charge in [-0.2, -0.15) is 0 Å². The lowest BCUT2D eigenvalue weighted by molar-refractivity contribution is 0.669. The van der Waals surface area contributed by atoms with E-state index in [9.17, 15) is 0 Å². The van der Waals surface area contributed by atoms with E-state index in [4.69, 9.17) is 19.4 Å². The fourth-order valence-corrected chi connectivity index (χ4v) is 7.17. The average molecular weight is 641 g/mol. The lowest BCUT2D eigenvalue weighted by Gasteiger charge is -2.11. The van der Waals surface area contributed by atoms with E-state index in [2.05, 4.69) is 102 Å². The summed E-state index contributed by atoms with van der Waals surface area (Å²) < 4.78 is 9.14. The molecule has 0 bridgehead atoms. The predicted molar refractivity (Wildman–Crippen MR) is 203 cm³/mol. The molecule has 0 fully saturated rings. The second-order valence-electron chi connectivity index (χ2n) is 12.4. The third-order valence-corrected chi connectivity index (χ3v) is 9.46. The lowest BCUT2D eigenvalue weighted by atomic mass is 10.00. The zero-order valence-electron chi connectivity index (χ0n) is 26.9. The Labute approximate surface area is 287 Å². The smallest absolute Gasteiger partial charge is 0.167 e. The quantitative estimate of drug-likeness (QED) is 0.188. The van der Waals surface area contributed by atoms with Crippen molar-refractivity contribution in [1.82, 2.24) is 19.5 Å². The highest BCUT2D eigenvalue weighted by atomic mass is 16.3. The normalized spacial score (nSPS) is 11.6. The Hall–Kier alpha value is -6.85. The van der Waals surface area contributed by atoms with Crippen molar-refractivity contribution in [1.29, 1.82) is 0 Å². The van der Waals surface area contributed by atoms with Crippen LogP contribution < -0.4 is 0 Å². The molecular weight excluding hydrogens is 613 g/mol. The Balaban J connectivity index is 1.17. The highest BCUT2D eigenvalue weighted by Crippen LogP contribution is 2.41. The SMILES string of the molecule is c1ccc(-c2nc(-c3ccccc3)nc(-c3cccc4c3oc3cc(-c5cccc6c7ccccc7n(-c7ccccc7)c56)ccc34)n2)cc1. The number of hydrogen-bond donors (Lipinski definition) is 0. The minimum absolute atomic E-state index is 0.569. The average Bonchev–Trinajstić information content (AvgIpc) is 3.74. The van der Waals surface area contributed by atoms with Gasteiger partial charge in [0.1, 0.15) is 11.2 Å². The molecular formula is C45H28N4O. The fraction of sp³-hybridized carbons (Fsp3) is 0. The van der Waals surface area contributed by atoms with Crippen LogP contribution in [0.4, 0.5) is 0 Å². The topological polar surface area (TPSA) is 56.7 Å². The molecule has 0 N–H and O–H groups in total. The standard InChI is InChI=1S/C45H28N4O/c1-4-14-29(15-5-1)43-46-44(30-16-6-2-7-17-30)48-45(47-43)38-24-13-23-37-35-27-26-31(28-40(35)50-42(37)38)33-21-12-22-36-34-20-10-11-25-39(34)49(41(33)36)32-18-8-3-9-19-32/h1-28H. The third-order valence-electron chi connectivity index (χ3n) is 9.46. The Bertz CT molecular complexity index is 2800. The first-order chi connectivity index (χ1) is 24.8. The monoisotopic (exact) mass is 640 g/mol. The third kappa shape index (κ3) is 4.52. The summed E-state index contributed by atoms with van der Waals surface area (Å²) in [5, 5.41) is 4.50. The van der Waals surface area contributed by atoms with E-state index in [0.29, 0.717) is 17.5 Å². The van der Waals surface area contributed by atoms with Gasteiger partial charge >= 0.3 is 0 Å². The molecule has 234 valence electrons. The van der Waals surface area contributed by atoms with Crippen LogP contribution in [0, 0.1) is 0 Å². The molecule has 0 aliphatic heterocycles. The van der Waals surface area contributed by atoms with Crippen LogP contribution in [-0.4, -0.2) is 19.5 Å². The molecule has 10 rings (SSSR count). The largest absolute Gasteiger partial charge is 0.455 e. The van der Waals surface area contributed by atoms with Gasteiger partial charge in [0.2, 0.25) is 0 Å². The molecule has 3 aromatic heterocycles. The van der Waals surface area contributed by atoms with Gasteiger partial charge in [0.05, 0.1) is 16.6 Å². The van der Waals surface area contributed by atoms with Crippen molar-refractivity contribution in [2.45, 2.75) is 0 Å². The highest BCUT2D eigenvalue weighted by Gasteiger charge is 2.20. The maximum Gasteiger partial charge on any atom is 0.167 e. The van der Waals surface area contributed by atoms with Gasteiger partial charge in [-0.05, 0) is 42.0 Å². The van der Waals surface area contributed by atoms with Crippen LogP contribution >= 0.6 is 0 Å². The van der Waals surface area contributed by atoms with Gasteiger partial charge in [-0.1, -0.05) is 133 Å². The molecule has 0 saturated heterocycles. The Kier molecular flexibility index (Phi) is 6.42. The molecule has 0 unspecified atom stereocenters. The molecule has 10 aromatic rings. The second-order valence-corrected chi connectivity index (χ2v) is 12.4. The Morgan fingerprint density at radius 2 is 0.980 bits per heavy atom. The van der Waals surface area contributed by atoms with Gasteiger partial charge in [-0.3, -0.25) is 0 Å². The first-order valence-corrected chi connectivity index (χ1v) is 16.7. The summed E-state index contributed by atoms with van der Waals surface area (Å²) in [5.41, 5.74) is 9.94. The summed E-state index contributed by atoms with van der Waals surface area (Å²) in [7, 11) is 0. The molecule has 0 radical (unpaired) electrons. The van der Waals surface area contributed by atoms with Crippen molar-refractivity contribution < 1.29 is 4.42 Å². The van der Waals surface area contributed by atoms with Gasteiger partial charge in [-0.15, -0.1) is 0 Å². The Morgan fingerprint density at radius 1 is 0.400 bits per heavy atom. The summed E-state index contributed by atoms with van der Waals surface area (Å²) in [5.74, 6) is 1.80. The molecule has 0 aliphatic carbocycles. The minimum Gasteiger partial charge on any atom is -0.455 e. The summed E-state index contributed by atoms with van der Waals surface area (Å²) in [4.78, 5) is 14.9. The van der Waals surface area contributed by atoms with Crippen molar-refractivity contribution in [3.63, 3.8) is 0 Å². The summed E-state index contributed by atoms with van der Waals surface area (Å²) in [6, 6.07) is 58.6. The van der Waals surface area contributed by atoms with Crippen LogP contribution in [0.5, 0.6) is 0 Å². The zero-order valence-corrected chi connectivity index (χ0v) is 26.9. The first-order valence-electron chi connectivity index (χ1n) is 16.7. The molecule has 3 heterocycles. The van der Waals surface area contributed by atoms with Crippen LogP contribution in [0.1, 0.15) is 0 Å². The minimum atomic E-state index is 0.569. The molecule has 0 aliphatic rings. The number of rotatable bonds is 5. The number of nitrogens with zero attached hydrogens (tertiary/aromatic N) is 4. The highest BCUT2D eigenvalue weighted by molar-refractivity contribution is 6.15. The molecule has 0 atom stereocenters. The first kappa shape index (κ1) is 28.2. The van der Waals surface area contributed by atoms with E-state index in [0.717, 1.165) is 55.4 Å². The lowest BCUT2D eigenvalue weighted by Crippen LogP contribution is -2.00. The Morgan fingerprint density at radius 3 is 1.70 bits per heavy atom. The van der Waals surface area contributed by atoms with Crippen molar-refractivity contribution in [2.24, 2.45) is 0 Å². The van der Waals surface area contributed by atoms with E-state index >= 15 is 0 Å². The molecule has 7 aromatic carbocycles. The van der Waals surface area contributed by atoms with Gasteiger partial charge in [-0.25, -0.2) is 15.0 Å². The molecule has 5 nitrogen and oxygen atoms in total. The number of fused-ring (bicyclic) bond motifs is 6. The van der Waals surface area contributed by atoms with Crippen LogP contribution in [0.3, 0.4) is 0 Å². The molecule has 50 heavy (non-hydrogen) atoms. The van der Waals surface area contributed by atoms with Gasteiger partial charge in [0.25, 0.3) is 0 Å². The maximum atomic E-state index is 6.77. The van der Waals surface area contributed by atoms with E-state index in [-0.39, 0.29) is 0 Å². The number of aromatic nitrogens is 4. The van der Waals surface area contributed by atoms with Gasteiger partial charge in [0.15, 0.2) is 17.5 Å². The van der Waals surface area contributed by atoms with Crippen molar-refractivity contribution in [3.05, 3.63) is 170 Å². The van der Waals surface area contributed by atoms with Crippen molar-refractivity contribution >= 4 is 43.7 Å². The summed E-state index contributed by atoms with van der Waals surface area (Å²) >= 11 is 0. The van der Waals surface area contributed by atoms with Crippen molar-refractivity contribution in [2.75, 3.05) is 0 Å². The van der Waals surface area contributed by atoms with E-state index in [1.165, 1.54) is 21.8 Å². The van der Waals surface area contributed by atoms with Crippen molar-refractivity contribution in [3.8, 4) is 51.0 Å².